The number of hydrogen-bond donors (Lipinski definition) is 2. The molecule has 2 saturated heterocycles. The highest BCUT2D eigenvalue weighted by Crippen LogP contribution is 2.50. The third kappa shape index (κ3) is 13.3. The third-order valence-corrected chi connectivity index (χ3v) is 19.4. The number of carboxylic acid groups (broad SMARTS) is 1. The Morgan fingerprint density at radius 1 is 0.702 bits per heavy atom. The number of carbonyl (C=O) groups excluding carboxylic acids is 2. The minimum absolute atomic E-state index is 0.160. The van der Waals surface area contributed by atoms with Crippen LogP contribution in [0.15, 0.2) is 85.8 Å². The van der Waals surface area contributed by atoms with E-state index in [-0.39, 0.29) is 18.0 Å². The van der Waals surface area contributed by atoms with Gasteiger partial charge in [-0.2, -0.15) is 13.2 Å². The van der Waals surface area contributed by atoms with Crippen molar-refractivity contribution in [2.24, 2.45) is 11.8 Å². The summed E-state index contributed by atoms with van der Waals surface area (Å²) in [6.45, 7) is 2.91. The van der Waals surface area contributed by atoms with E-state index >= 15 is 0 Å². The fourth-order valence-corrected chi connectivity index (χ4v) is 14.9. The van der Waals surface area contributed by atoms with Crippen molar-refractivity contribution in [2.45, 2.75) is 107 Å². The van der Waals surface area contributed by atoms with Gasteiger partial charge in [0.05, 0.1) is 91.3 Å². The summed E-state index contributed by atoms with van der Waals surface area (Å²) in [5, 5.41) is 22.7. The maximum absolute atomic E-state index is 11.9. The molecule has 4 aromatic carbocycles. The predicted octanol–water partition coefficient (Wildman–Crippen LogP) is 15.4. The molecule has 2 aliphatic heterocycles. The number of nitrogens with one attached hydrogen (secondary N) is 1. The van der Waals surface area contributed by atoms with Gasteiger partial charge in [0.15, 0.2) is 9.05 Å². The maximum atomic E-state index is 11.9. The summed E-state index contributed by atoms with van der Waals surface area (Å²) in [5.74, 6) is 0.349. The second-order valence-corrected chi connectivity index (χ2v) is 26.1. The van der Waals surface area contributed by atoms with Crippen molar-refractivity contribution in [3.05, 3.63) is 131 Å². The summed E-state index contributed by atoms with van der Waals surface area (Å²) in [6.07, 6.45) is 4.25. The molecular weight excluding hydrogens is 1280 g/mol. The zero-order chi connectivity index (χ0) is 59.1. The SMILES string of the molecule is COC(=O)c1ccc2nc(Br)sc2c1.COC(=O)c1ccc2nc(N3C[C@@H]4C[C@H]3C[C@H]4OCc3c(-c4c(Cl)cccc4Cl)noc3C3CC3)sc2c1.Clc1cccc(Cl)c1-c1noc(C2CC2)c1CO[C@@H]1C[C@@H]2C[C@H]1CN2.O=C(O)C(F)(F)F. The number of carbonyl (C=O) groups is 3. The van der Waals surface area contributed by atoms with Crippen LogP contribution in [0.2, 0.25) is 20.1 Å². The van der Waals surface area contributed by atoms with E-state index < -0.39 is 12.1 Å². The third-order valence-electron chi connectivity index (χ3n) is 15.7. The number of halogens is 8. The zero-order valence-electron chi connectivity index (χ0n) is 44.7. The minimum atomic E-state index is -5.08. The van der Waals surface area contributed by atoms with Crippen LogP contribution in [0.1, 0.15) is 107 Å². The molecule has 0 radical (unpaired) electrons. The van der Waals surface area contributed by atoms with Gasteiger partial charge in [-0.15, -0.1) is 11.3 Å². The molecule has 6 fully saturated rings. The average Bonchev–Trinajstić information content (AvgIpc) is 2.77. The Kier molecular flexibility index (Phi) is 18.3. The van der Waals surface area contributed by atoms with Crippen molar-refractivity contribution in [1.29, 1.82) is 0 Å². The van der Waals surface area contributed by atoms with Gasteiger partial charge in [0, 0.05) is 65.2 Å². The van der Waals surface area contributed by atoms with E-state index in [9.17, 15) is 22.8 Å². The summed E-state index contributed by atoms with van der Waals surface area (Å²) in [4.78, 5) is 43.5. The number of benzene rings is 4. The molecule has 0 spiro atoms. The number of nitrogens with zero attached hydrogens (tertiary/aromatic N) is 5. The molecule has 0 amide bonds. The molecule has 6 atom stereocenters. The van der Waals surface area contributed by atoms with Crippen LogP contribution in [0.4, 0.5) is 18.3 Å². The molecule has 442 valence electrons. The Morgan fingerprint density at radius 3 is 1.62 bits per heavy atom. The first-order valence-corrected chi connectivity index (χ1v) is 30.8. The number of alkyl halides is 3. The van der Waals surface area contributed by atoms with Gasteiger partial charge in [-0.25, -0.2) is 24.4 Å². The second-order valence-electron chi connectivity index (χ2n) is 21.2. The fourth-order valence-electron chi connectivity index (χ4n) is 11.2. The Bertz CT molecular complexity index is 3720. The van der Waals surface area contributed by atoms with E-state index in [2.05, 4.69) is 46.2 Å². The zero-order valence-corrected chi connectivity index (χ0v) is 51.0. The van der Waals surface area contributed by atoms with Crippen LogP contribution in [0.5, 0.6) is 0 Å². The summed E-state index contributed by atoms with van der Waals surface area (Å²) < 4.78 is 68.4. The molecule has 4 aliphatic carbocycles. The molecule has 4 aromatic heterocycles. The van der Waals surface area contributed by atoms with E-state index in [1.807, 2.05) is 54.6 Å². The molecule has 14 rings (SSSR count). The molecule has 8 aromatic rings. The number of ether oxygens (including phenoxy) is 4. The predicted molar refractivity (Wildman–Crippen MR) is 317 cm³/mol. The fraction of sp³-hybridized carbons (Fsp3) is 0.397. The lowest BCUT2D eigenvalue weighted by Crippen LogP contribution is -2.38. The van der Waals surface area contributed by atoms with Crippen LogP contribution in [-0.4, -0.2) is 101 Å². The first-order valence-electron chi connectivity index (χ1n) is 26.9. The second kappa shape index (κ2) is 25.5. The Labute approximate surface area is 515 Å². The Morgan fingerprint density at radius 2 is 1.19 bits per heavy atom. The highest BCUT2D eigenvalue weighted by molar-refractivity contribution is 9.11. The van der Waals surface area contributed by atoms with Gasteiger partial charge >= 0.3 is 24.1 Å². The number of hydrogen-bond acceptors (Lipinski definition) is 17. The molecule has 6 heterocycles. The number of anilines is 1. The van der Waals surface area contributed by atoms with Crippen LogP contribution in [-0.2, 0) is 37.0 Å². The molecule has 2 N–H and O–H groups in total. The lowest BCUT2D eigenvalue weighted by atomic mass is 10.0. The van der Waals surface area contributed by atoms with E-state index in [1.165, 1.54) is 32.0 Å². The van der Waals surface area contributed by atoms with E-state index in [0.29, 0.717) is 97.5 Å². The molecule has 26 heteroatoms. The molecule has 0 unspecified atom stereocenters. The number of aromatic nitrogens is 4. The first kappa shape index (κ1) is 60.3. The number of fused-ring (bicyclic) bond motifs is 6. The summed E-state index contributed by atoms with van der Waals surface area (Å²) in [7, 11) is 2.77. The lowest BCUT2D eigenvalue weighted by molar-refractivity contribution is -0.192. The minimum Gasteiger partial charge on any atom is -0.475 e. The summed E-state index contributed by atoms with van der Waals surface area (Å²) in [5.41, 5.74) is 7.74. The van der Waals surface area contributed by atoms with E-state index in [1.54, 1.807) is 29.5 Å². The van der Waals surface area contributed by atoms with Crippen molar-refractivity contribution >= 4 is 128 Å². The van der Waals surface area contributed by atoms with Crippen molar-refractivity contribution in [3.63, 3.8) is 0 Å². The highest BCUT2D eigenvalue weighted by Gasteiger charge is 2.47. The van der Waals surface area contributed by atoms with E-state index in [0.717, 1.165) is 121 Å². The smallest absolute Gasteiger partial charge is 0.475 e. The summed E-state index contributed by atoms with van der Waals surface area (Å²) in [6, 6.07) is 22.8. The Hall–Kier alpha value is -5.40. The Balaban J connectivity index is 0.000000136. The molecule has 6 aliphatic rings. The highest BCUT2D eigenvalue weighted by atomic mass is 79.9. The number of carboxylic acids is 1. The number of rotatable bonds is 13. The number of methoxy groups -OCH3 is 2. The van der Waals surface area contributed by atoms with Crippen LogP contribution < -0.4 is 10.2 Å². The molecule has 4 saturated carbocycles. The van der Waals surface area contributed by atoms with Gasteiger partial charge in [0.25, 0.3) is 0 Å². The van der Waals surface area contributed by atoms with Gasteiger partial charge < -0.3 is 43.3 Å². The monoisotopic (exact) mass is 1330 g/mol. The largest absolute Gasteiger partial charge is 0.490 e. The number of piperidine rings is 2. The van der Waals surface area contributed by atoms with Crippen LogP contribution in [0, 0.1) is 11.8 Å². The van der Waals surface area contributed by atoms with Crippen LogP contribution in [0.25, 0.3) is 42.9 Å². The van der Waals surface area contributed by atoms with Gasteiger partial charge in [-0.1, -0.05) is 80.2 Å². The standard InChI is InChI=1S/C28H25Cl2N3O4S.C19H20Cl2N2O2.C9H6BrNO2S.C2HF3O2/c1-35-27(34)15-7-8-21-23(10-15)38-28(31-21)33-12-16-9-17(33)11-22(16)36-13-18-25(32-37-26(18)14-5-6-14)24-19(29)3-2-4-20(24)30;20-14-2-1-3-15(21)17(14)18-13(19(25-23-18)10-4-5-10)9-24-16-7-12-6-11(16)8-22-12;1-13-8(12)5-2-3-6-7(4-5)14-9(10)11-6;3-2(4,5)1(6)7/h2-4,7-8,10,14,16-17,22H,5-6,9,11-13H2,1H3;1-3,10-12,16,22H,4-9H2;2-4H,1H3;(H,6,7)/t16-,17-,22+;11-,12-,16+;;/m00../s1. The van der Waals surface area contributed by atoms with Gasteiger partial charge in [-0.3, -0.25) is 0 Å². The number of thiazole rings is 2. The van der Waals surface area contributed by atoms with E-state index in [4.69, 9.17) is 84.5 Å². The molecular formula is C58H52BrCl4F3N6O10S2. The molecule has 4 bridgehead atoms. The number of esters is 2. The normalized spacial score (nSPS) is 21.2. The van der Waals surface area contributed by atoms with Gasteiger partial charge in [0.2, 0.25) is 0 Å². The molecule has 16 nitrogen and oxygen atoms in total. The first-order chi connectivity index (χ1) is 40.3. The molecule has 84 heavy (non-hydrogen) atoms. The average molecular weight is 1340 g/mol. The van der Waals surface area contributed by atoms with Crippen LogP contribution in [0.3, 0.4) is 0 Å². The van der Waals surface area contributed by atoms with Crippen molar-refractivity contribution in [1.82, 2.24) is 25.6 Å². The van der Waals surface area contributed by atoms with Gasteiger partial charge in [0.1, 0.15) is 22.9 Å². The number of aliphatic carboxylic acids is 1. The lowest BCUT2D eigenvalue weighted by Gasteiger charge is -2.31. The summed E-state index contributed by atoms with van der Waals surface area (Å²) >= 11 is 32.2. The van der Waals surface area contributed by atoms with Crippen molar-refractivity contribution < 1.29 is 60.7 Å². The van der Waals surface area contributed by atoms with Crippen molar-refractivity contribution in [3.8, 4) is 22.5 Å². The maximum Gasteiger partial charge on any atom is 0.490 e. The van der Waals surface area contributed by atoms with Crippen LogP contribution >= 0.6 is 85.0 Å². The van der Waals surface area contributed by atoms with Gasteiger partial charge in [-0.05, 0) is 134 Å². The topological polar surface area (TPSA) is 201 Å². The quantitative estimate of drug-likeness (QED) is 0.103. The van der Waals surface area contributed by atoms with Crippen molar-refractivity contribution in [2.75, 3.05) is 32.2 Å².